The molecule has 6 nitrogen and oxygen atoms in total. The third kappa shape index (κ3) is 7.49. The summed E-state index contributed by atoms with van der Waals surface area (Å²) in [5.41, 5.74) is 0.782. The zero-order valence-electron chi connectivity index (χ0n) is 19.8. The maximum atomic E-state index is 13.9. The Hall–Kier alpha value is -2.04. The van der Waals surface area contributed by atoms with Gasteiger partial charge in [0.1, 0.15) is 29.8 Å². The summed E-state index contributed by atoms with van der Waals surface area (Å²) in [5, 5.41) is 12.7. The van der Waals surface area contributed by atoms with E-state index in [1.807, 2.05) is 29.2 Å². The first-order chi connectivity index (χ1) is 16.4. The van der Waals surface area contributed by atoms with Crippen molar-refractivity contribution in [1.82, 2.24) is 10.2 Å². The summed E-state index contributed by atoms with van der Waals surface area (Å²) < 4.78 is 51.8. The SMILES string of the molecule is CCO[C@@H](Cc1ccc(OCCN[C@H]2C3CN(Cc4c(F)cc(F)cc4F)C[C@@H]32)cc1)C(=O)O.Cl.Cl. The lowest BCUT2D eigenvalue weighted by atomic mass is 10.1. The van der Waals surface area contributed by atoms with Crippen molar-refractivity contribution in [3.05, 3.63) is 65.0 Å². The van der Waals surface area contributed by atoms with Crippen LogP contribution in [0.4, 0.5) is 13.2 Å². The molecule has 1 aliphatic heterocycles. The third-order valence-electron chi connectivity index (χ3n) is 6.50. The Kier molecular flexibility index (Phi) is 11.3. The second-order valence-corrected chi connectivity index (χ2v) is 8.83. The summed E-state index contributed by atoms with van der Waals surface area (Å²) in [6, 6.07) is 9.13. The molecule has 1 aliphatic carbocycles. The van der Waals surface area contributed by atoms with Crippen molar-refractivity contribution in [2.24, 2.45) is 11.8 Å². The van der Waals surface area contributed by atoms with Gasteiger partial charge in [-0.1, -0.05) is 12.1 Å². The van der Waals surface area contributed by atoms with Gasteiger partial charge in [-0.25, -0.2) is 18.0 Å². The maximum absolute atomic E-state index is 13.9. The summed E-state index contributed by atoms with van der Waals surface area (Å²) >= 11 is 0. The van der Waals surface area contributed by atoms with Crippen LogP contribution in [-0.4, -0.2) is 61.0 Å². The van der Waals surface area contributed by atoms with Crippen molar-refractivity contribution < 1.29 is 32.5 Å². The minimum Gasteiger partial charge on any atom is -0.492 e. The van der Waals surface area contributed by atoms with Gasteiger partial charge in [-0.05, 0) is 36.5 Å². The molecule has 1 unspecified atom stereocenters. The zero-order chi connectivity index (χ0) is 24.2. The monoisotopic (exact) mass is 550 g/mol. The van der Waals surface area contributed by atoms with E-state index in [1.54, 1.807) is 6.92 Å². The van der Waals surface area contributed by atoms with E-state index in [9.17, 15) is 23.1 Å². The summed E-state index contributed by atoms with van der Waals surface area (Å²) in [7, 11) is 0. The predicted molar refractivity (Wildman–Crippen MR) is 134 cm³/mol. The van der Waals surface area contributed by atoms with Crippen LogP contribution in [0.15, 0.2) is 36.4 Å². The fraction of sp³-hybridized carbons (Fsp3) is 0.480. The molecule has 200 valence electrons. The molecule has 1 saturated heterocycles. The number of fused-ring (bicyclic) bond motifs is 1. The van der Waals surface area contributed by atoms with Gasteiger partial charge >= 0.3 is 5.97 Å². The Morgan fingerprint density at radius 1 is 1.11 bits per heavy atom. The first kappa shape index (κ1) is 30.2. The zero-order valence-corrected chi connectivity index (χ0v) is 21.4. The Balaban J connectivity index is 0.00000228. The van der Waals surface area contributed by atoms with Gasteiger partial charge < -0.3 is 19.9 Å². The molecule has 1 saturated carbocycles. The average Bonchev–Trinajstić information content (AvgIpc) is 3.24. The van der Waals surface area contributed by atoms with E-state index in [0.29, 0.717) is 49.8 Å². The van der Waals surface area contributed by atoms with Crippen LogP contribution in [0.25, 0.3) is 0 Å². The maximum Gasteiger partial charge on any atom is 0.333 e. The molecule has 2 aromatic carbocycles. The molecule has 0 radical (unpaired) electrons. The molecule has 2 fully saturated rings. The Bertz CT molecular complexity index is 980. The number of piperidine rings is 1. The number of hydrogen-bond donors (Lipinski definition) is 2. The highest BCUT2D eigenvalue weighted by Crippen LogP contribution is 2.45. The number of nitrogens with one attached hydrogen (secondary N) is 1. The van der Waals surface area contributed by atoms with E-state index >= 15 is 0 Å². The third-order valence-corrected chi connectivity index (χ3v) is 6.50. The molecule has 36 heavy (non-hydrogen) atoms. The van der Waals surface area contributed by atoms with Crippen molar-refractivity contribution in [3.8, 4) is 5.75 Å². The second-order valence-electron chi connectivity index (χ2n) is 8.83. The van der Waals surface area contributed by atoms with Crippen molar-refractivity contribution in [1.29, 1.82) is 0 Å². The van der Waals surface area contributed by atoms with Crippen molar-refractivity contribution in [3.63, 3.8) is 0 Å². The topological polar surface area (TPSA) is 71.0 Å². The van der Waals surface area contributed by atoms with Crippen LogP contribution in [0, 0.1) is 29.3 Å². The molecule has 0 aromatic heterocycles. The summed E-state index contributed by atoms with van der Waals surface area (Å²) in [4.78, 5) is 13.2. The lowest BCUT2D eigenvalue weighted by Crippen LogP contribution is -2.33. The average molecular weight is 551 g/mol. The number of hydrogen-bond acceptors (Lipinski definition) is 5. The van der Waals surface area contributed by atoms with Gasteiger partial charge in [0.2, 0.25) is 0 Å². The molecule has 11 heteroatoms. The molecular formula is C25H31Cl2F3N2O4. The fourth-order valence-corrected chi connectivity index (χ4v) is 4.74. The van der Waals surface area contributed by atoms with Crippen molar-refractivity contribution in [2.75, 3.05) is 32.8 Å². The number of ether oxygens (including phenoxy) is 2. The highest BCUT2D eigenvalue weighted by molar-refractivity contribution is 5.85. The minimum absolute atomic E-state index is 0. The number of likely N-dealkylation sites (tertiary alicyclic amines) is 1. The number of aliphatic carboxylic acids is 1. The Morgan fingerprint density at radius 2 is 1.72 bits per heavy atom. The van der Waals surface area contributed by atoms with E-state index < -0.39 is 29.5 Å². The Labute approximate surface area is 221 Å². The first-order valence-corrected chi connectivity index (χ1v) is 11.5. The highest BCUT2D eigenvalue weighted by atomic mass is 35.5. The molecule has 0 spiro atoms. The van der Waals surface area contributed by atoms with E-state index in [4.69, 9.17) is 9.47 Å². The molecule has 0 amide bonds. The van der Waals surface area contributed by atoms with E-state index in [-0.39, 0.29) is 36.9 Å². The number of halogens is 5. The molecule has 2 aromatic rings. The molecule has 4 rings (SSSR count). The molecule has 2 N–H and O–H groups in total. The highest BCUT2D eigenvalue weighted by Gasteiger charge is 2.55. The summed E-state index contributed by atoms with van der Waals surface area (Å²) in [6.45, 7) is 4.92. The quantitative estimate of drug-likeness (QED) is 0.388. The fourth-order valence-electron chi connectivity index (χ4n) is 4.74. The van der Waals surface area contributed by atoms with Gasteiger partial charge in [-0.15, -0.1) is 24.8 Å². The van der Waals surface area contributed by atoms with Gasteiger partial charge in [-0.2, -0.15) is 0 Å². The lowest BCUT2D eigenvalue weighted by Gasteiger charge is -2.20. The van der Waals surface area contributed by atoms with Crippen molar-refractivity contribution >= 4 is 30.8 Å². The van der Waals surface area contributed by atoms with Gasteiger partial charge in [0.25, 0.3) is 0 Å². The molecule has 2 aliphatic rings. The van der Waals surface area contributed by atoms with E-state index in [0.717, 1.165) is 30.8 Å². The van der Waals surface area contributed by atoms with Crippen LogP contribution in [-0.2, 0) is 22.5 Å². The molecule has 4 atom stereocenters. The minimum atomic E-state index is -0.976. The molecule has 0 bridgehead atoms. The molecule has 1 heterocycles. The van der Waals surface area contributed by atoms with Crippen LogP contribution in [0.5, 0.6) is 5.75 Å². The number of carbonyl (C=O) groups is 1. The number of rotatable bonds is 12. The van der Waals surface area contributed by atoms with Crippen LogP contribution < -0.4 is 10.1 Å². The van der Waals surface area contributed by atoms with Gasteiger partial charge in [0.05, 0.1) is 0 Å². The number of nitrogens with zero attached hydrogens (tertiary/aromatic N) is 1. The largest absolute Gasteiger partial charge is 0.492 e. The lowest BCUT2D eigenvalue weighted by molar-refractivity contribution is -0.149. The van der Waals surface area contributed by atoms with Gasteiger partial charge in [0, 0.05) is 62.9 Å². The number of carboxylic acids is 1. The predicted octanol–water partition coefficient (Wildman–Crippen LogP) is 4.08. The first-order valence-electron chi connectivity index (χ1n) is 11.5. The summed E-state index contributed by atoms with van der Waals surface area (Å²) in [6.07, 6.45) is -0.559. The van der Waals surface area contributed by atoms with Crippen LogP contribution in [0.1, 0.15) is 18.1 Å². The number of carboxylic acid groups (broad SMARTS) is 1. The standard InChI is InChI=1S/C25H29F3N2O4.2ClH/c1-2-33-23(25(31)32)9-15-3-5-17(6-4-15)34-8-7-29-24-18-12-30(13-19(18)24)14-20-21(27)10-16(26)11-22(20)28;;/h3-6,10-11,18-19,23-24,29H,2,7-9,12-14H2,1H3,(H,31,32);2*1H/t18-,19?,23-,24+;;/m0../s1. The van der Waals surface area contributed by atoms with Crippen LogP contribution >= 0.6 is 24.8 Å². The molecular weight excluding hydrogens is 520 g/mol. The summed E-state index contributed by atoms with van der Waals surface area (Å²) in [5.74, 6) is -1.96. The van der Waals surface area contributed by atoms with E-state index in [2.05, 4.69) is 5.32 Å². The van der Waals surface area contributed by atoms with Crippen LogP contribution in [0.2, 0.25) is 0 Å². The van der Waals surface area contributed by atoms with Crippen LogP contribution in [0.3, 0.4) is 0 Å². The van der Waals surface area contributed by atoms with Gasteiger partial charge in [0.15, 0.2) is 6.10 Å². The smallest absolute Gasteiger partial charge is 0.333 e. The Morgan fingerprint density at radius 3 is 2.28 bits per heavy atom. The van der Waals surface area contributed by atoms with Gasteiger partial charge in [-0.3, -0.25) is 4.90 Å². The normalized spacial score (nSPS) is 21.2. The van der Waals surface area contributed by atoms with Crippen molar-refractivity contribution in [2.45, 2.75) is 32.0 Å². The number of benzene rings is 2. The second kappa shape index (κ2) is 13.5. The van der Waals surface area contributed by atoms with E-state index in [1.165, 1.54) is 0 Å².